The van der Waals surface area contributed by atoms with Crippen molar-refractivity contribution in [3.05, 3.63) is 96.6 Å². The van der Waals surface area contributed by atoms with E-state index in [9.17, 15) is 19.2 Å². The molecular formula is C29H32N8O9. The maximum Gasteiger partial charge on any atom is 0.356 e. The molecule has 0 saturated heterocycles. The minimum Gasteiger partial charge on any atom is -0.480 e. The molecule has 0 fully saturated rings. The van der Waals surface area contributed by atoms with Crippen LogP contribution >= 0.6 is 0 Å². The minimum absolute atomic E-state index is 0.0173. The molecule has 5 aromatic rings. The number of nitrogens with zero attached hydrogens (tertiary/aromatic N) is 4. The van der Waals surface area contributed by atoms with Gasteiger partial charge < -0.3 is 46.6 Å². The second kappa shape index (κ2) is 16.7. The van der Waals surface area contributed by atoms with Crippen LogP contribution in [0, 0.1) is 0 Å². The van der Waals surface area contributed by atoms with E-state index in [1.54, 1.807) is 29.2 Å². The summed E-state index contributed by atoms with van der Waals surface area (Å²) in [5.74, 6) is -5.18. The van der Waals surface area contributed by atoms with Crippen molar-refractivity contribution in [2.75, 3.05) is 0 Å². The zero-order valence-corrected chi connectivity index (χ0v) is 24.1. The molecule has 0 radical (unpaired) electrons. The molecule has 46 heavy (non-hydrogen) atoms. The van der Waals surface area contributed by atoms with E-state index in [1.165, 1.54) is 12.7 Å². The lowest BCUT2D eigenvalue weighted by atomic mass is 10.2. The van der Waals surface area contributed by atoms with Crippen LogP contribution < -0.4 is 16.2 Å². The van der Waals surface area contributed by atoms with Gasteiger partial charge in [-0.25, -0.2) is 19.6 Å². The number of aliphatic carboxylic acids is 4. The van der Waals surface area contributed by atoms with Crippen LogP contribution in [0.5, 0.6) is 5.88 Å². The highest BCUT2D eigenvalue weighted by molar-refractivity contribution is 5.97. The van der Waals surface area contributed by atoms with Crippen LogP contribution in [0.2, 0.25) is 0 Å². The molecule has 0 aliphatic heterocycles. The molecular weight excluding hydrogens is 604 g/mol. The lowest BCUT2D eigenvalue weighted by Crippen LogP contribution is -2.35. The Morgan fingerprint density at radius 3 is 1.70 bits per heavy atom. The van der Waals surface area contributed by atoms with Gasteiger partial charge in [0, 0.05) is 36.6 Å². The number of H-pyrrole nitrogens is 2. The number of hydrogen-bond donors (Lipinski definition) is 8. The Balaban J connectivity index is 0.000000217. The number of carboxylic acid groups (broad SMARTS) is 4. The summed E-state index contributed by atoms with van der Waals surface area (Å²) in [5.41, 5.74) is 13.7. The summed E-state index contributed by atoms with van der Waals surface area (Å²) in [7, 11) is 0. The van der Waals surface area contributed by atoms with Gasteiger partial charge in [0.1, 0.15) is 12.1 Å². The summed E-state index contributed by atoms with van der Waals surface area (Å²) in [5, 5.41) is 39.6. The average Bonchev–Trinajstić information content (AvgIpc) is 3.80. The summed E-state index contributed by atoms with van der Waals surface area (Å²) in [4.78, 5) is 55.6. The third kappa shape index (κ3) is 10.3. The molecule has 3 aromatic heterocycles. The normalized spacial score (nSPS) is 11.8. The Morgan fingerprint density at radius 2 is 1.24 bits per heavy atom. The van der Waals surface area contributed by atoms with Crippen LogP contribution in [0.1, 0.15) is 17.0 Å². The van der Waals surface area contributed by atoms with E-state index in [4.69, 9.17) is 36.6 Å². The molecule has 0 aliphatic carbocycles. The molecule has 0 bridgehead atoms. The third-order valence-electron chi connectivity index (χ3n) is 6.10. The first kappa shape index (κ1) is 34.4. The molecule has 2 aromatic carbocycles. The second-order valence-electron chi connectivity index (χ2n) is 9.59. The highest BCUT2D eigenvalue weighted by Gasteiger charge is 2.30. The van der Waals surface area contributed by atoms with Gasteiger partial charge >= 0.3 is 23.9 Å². The Bertz CT molecular complexity index is 1640. The van der Waals surface area contributed by atoms with Crippen molar-refractivity contribution in [2.45, 2.75) is 37.6 Å². The molecule has 242 valence electrons. The highest BCUT2D eigenvalue weighted by atomic mass is 16.5. The first-order valence-corrected chi connectivity index (χ1v) is 13.5. The largest absolute Gasteiger partial charge is 0.480 e. The molecule has 10 N–H and O–H groups in total. The summed E-state index contributed by atoms with van der Waals surface area (Å²) >= 11 is 0. The molecule has 17 nitrogen and oxygen atoms in total. The minimum atomic E-state index is -2.01. The first-order valence-electron chi connectivity index (χ1n) is 13.5. The Kier molecular flexibility index (Phi) is 12.5. The van der Waals surface area contributed by atoms with E-state index in [2.05, 4.69) is 25.0 Å². The Hall–Kier alpha value is -6.07. The number of hydrogen-bond acceptors (Lipinski definition) is 10. The van der Waals surface area contributed by atoms with E-state index in [0.717, 1.165) is 22.5 Å². The fraction of sp³-hybridized carbons (Fsp3) is 0.207. The molecule has 2 atom stereocenters. The van der Waals surface area contributed by atoms with Crippen molar-refractivity contribution in [2.24, 2.45) is 11.5 Å². The number of carbonyl (C=O) groups is 4. The van der Waals surface area contributed by atoms with E-state index in [0.29, 0.717) is 11.9 Å². The monoisotopic (exact) mass is 636 g/mol. The summed E-state index contributed by atoms with van der Waals surface area (Å²) in [6.45, 7) is 0.454. The zero-order valence-electron chi connectivity index (χ0n) is 24.1. The van der Waals surface area contributed by atoms with Crippen molar-refractivity contribution in [1.29, 1.82) is 0 Å². The van der Waals surface area contributed by atoms with Crippen molar-refractivity contribution >= 4 is 34.8 Å². The summed E-state index contributed by atoms with van der Waals surface area (Å²) in [6, 6.07) is 15.0. The number of nitrogens with one attached hydrogen (secondary N) is 2. The molecule has 3 heterocycles. The standard InChI is InChI=1S/C17H14N2O5.2C6H9N3O2/c20-16(21)14(17(22)23)24-15-12-8-4-5-9-13(12)19(18-15)10-11-6-2-1-3-7-11;2*7-5(6(10)11)1-4-2-8-3-9-4/h1-9,14H,10H2,(H,20,21)(H,22,23);2*2-3,5H,1,7H2,(H,8,9)(H,10,11). The quantitative estimate of drug-likeness (QED) is 0.0876. The molecule has 2 unspecified atom stereocenters. The molecule has 0 spiro atoms. The van der Waals surface area contributed by atoms with Crippen molar-refractivity contribution in [3.63, 3.8) is 0 Å². The summed E-state index contributed by atoms with van der Waals surface area (Å²) < 4.78 is 6.79. The topological polar surface area (TPSA) is 286 Å². The number of nitrogens with two attached hydrogens (primary N) is 2. The molecule has 17 heteroatoms. The van der Waals surface area contributed by atoms with Gasteiger partial charge in [0.05, 0.1) is 30.1 Å². The van der Waals surface area contributed by atoms with Gasteiger partial charge in [0.15, 0.2) is 0 Å². The number of benzene rings is 2. The van der Waals surface area contributed by atoms with Crippen molar-refractivity contribution < 1.29 is 44.3 Å². The van der Waals surface area contributed by atoms with Gasteiger partial charge in [-0.3, -0.25) is 14.3 Å². The number of para-hydroxylation sites is 1. The van der Waals surface area contributed by atoms with Gasteiger partial charge in [0.25, 0.3) is 6.10 Å². The van der Waals surface area contributed by atoms with Crippen molar-refractivity contribution in [1.82, 2.24) is 29.7 Å². The van der Waals surface area contributed by atoms with Crippen LogP contribution in [0.15, 0.2) is 79.6 Å². The number of fused-ring (bicyclic) bond motifs is 1. The third-order valence-corrected chi connectivity index (χ3v) is 6.10. The van der Waals surface area contributed by atoms with Crippen LogP contribution in [-0.2, 0) is 38.6 Å². The Labute approximate surface area is 260 Å². The highest BCUT2D eigenvalue weighted by Crippen LogP contribution is 2.26. The number of imidazole rings is 2. The summed E-state index contributed by atoms with van der Waals surface area (Å²) in [6.07, 6.45) is 4.66. The number of rotatable bonds is 12. The van der Waals surface area contributed by atoms with Crippen molar-refractivity contribution in [3.8, 4) is 5.88 Å². The molecule has 0 aliphatic rings. The fourth-order valence-corrected chi connectivity index (χ4v) is 3.82. The SMILES string of the molecule is NC(Cc1cnc[nH]1)C(=O)O.NC(Cc1cnc[nH]1)C(=O)O.O=C(O)C(Oc1nn(Cc2ccccc2)c2ccccc12)C(=O)O. The van der Waals surface area contributed by atoms with Gasteiger partial charge in [-0.15, -0.1) is 5.10 Å². The van der Waals surface area contributed by atoms with E-state index in [1.807, 2.05) is 42.5 Å². The maximum atomic E-state index is 11.0. The predicted molar refractivity (Wildman–Crippen MR) is 161 cm³/mol. The predicted octanol–water partition coefficient (Wildman–Crippen LogP) is 0.729. The Morgan fingerprint density at radius 1 is 0.739 bits per heavy atom. The van der Waals surface area contributed by atoms with Crippen LogP contribution in [0.3, 0.4) is 0 Å². The second-order valence-corrected chi connectivity index (χ2v) is 9.59. The molecule has 0 saturated carbocycles. The number of carboxylic acids is 4. The van der Waals surface area contributed by atoms with Gasteiger partial charge in [-0.2, -0.15) is 0 Å². The van der Waals surface area contributed by atoms with E-state index in [-0.39, 0.29) is 18.7 Å². The fourth-order valence-electron chi connectivity index (χ4n) is 3.82. The number of ether oxygens (including phenoxy) is 1. The number of aromatic nitrogens is 6. The lowest BCUT2D eigenvalue weighted by molar-refractivity contribution is -0.159. The van der Waals surface area contributed by atoms with Crippen LogP contribution in [0.25, 0.3) is 10.9 Å². The van der Waals surface area contributed by atoms with Gasteiger partial charge in [-0.1, -0.05) is 42.5 Å². The van der Waals surface area contributed by atoms with Crippen LogP contribution in [-0.4, -0.2) is 92.2 Å². The van der Waals surface area contributed by atoms with Crippen LogP contribution in [0.4, 0.5) is 0 Å². The average molecular weight is 637 g/mol. The maximum absolute atomic E-state index is 11.0. The first-order chi connectivity index (χ1) is 22.0. The number of aromatic amines is 2. The van der Waals surface area contributed by atoms with Gasteiger partial charge in [0.2, 0.25) is 5.88 Å². The van der Waals surface area contributed by atoms with Gasteiger partial charge in [-0.05, 0) is 17.7 Å². The van der Waals surface area contributed by atoms with E-state index >= 15 is 0 Å². The molecule has 0 amide bonds. The van der Waals surface area contributed by atoms with E-state index < -0.39 is 42.1 Å². The molecule has 5 rings (SSSR count). The zero-order chi connectivity index (χ0) is 33.6. The lowest BCUT2D eigenvalue weighted by Gasteiger charge is -2.08. The smallest absolute Gasteiger partial charge is 0.356 e.